The highest BCUT2D eigenvalue weighted by molar-refractivity contribution is 7.98. The molecule has 0 aliphatic rings. The molecule has 10 nitrogen and oxygen atoms in total. The van der Waals surface area contributed by atoms with Gasteiger partial charge in [-0.15, -0.1) is 10.2 Å². The van der Waals surface area contributed by atoms with Gasteiger partial charge in [-0.1, -0.05) is 43.0 Å². The van der Waals surface area contributed by atoms with Crippen molar-refractivity contribution in [3.63, 3.8) is 0 Å². The van der Waals surface area contributed by atoms with Gasteiger partial charge in [0.15, 0.2) is 11.0 Å². The summed E-state index contributed by atoms with van der Waals surface area (Å²) in [6.07, 6.45) is 0.867. The van der Waals surface area contributed by atoms with E-state index in [4.69, 9.17) is 4.74 Å². The number of aryl methyl sites for hydroxylation is 1. The quantitative estimate of drug-likeness (QED) is 0.164. The molecular weight excluding hydrogens is 492 g/mol. The molecule has 0 spiro atoms. The number of benzene rings is 3. The van der Waals surface area contributed by atoms with Crippen LogP contribution in [0, 0.1) is 10.1 Å². The van der Waals surface area contributed by atoms with E-state index in [0.717, 1.165) is 23.3 Å². The normalized spacial score (nSPS) is 10.6. The van der Waals surface area contributed by atoms with Gasteiger partial charge in [-0.05, 0) is 53.9 Å². The fraction of sp³-hybridized carbons (Fsp3) is 0.192. The molecule has 0 saturated carbocycles. The van der Waals surface area contributed by atoms with Crippen LogP contribution in [0.5, 0.6) is 5.75 Å². The van der Waals surface area contributed by atoms with Crippen LogP contribution in [-0.4, -0.2) is 32.8 Å². The van der Waals surface area contributed by atoms with Gasteiger partial charge in [-0.3, -0.25) is 14.7 Å². The van der Waals surface area contributed by atoms with E-state index in [1.807, 2.05) is 55.5 Å². The van der Waals surface area contributed by atoms with E-state index in [1.165, 1.54) is 23.9 Å². The monoisotopic (exact) mass is 518 g/mol. The second-order valence-corrected chi connectivity index (χ2v) is 8.95. The van der Waals surface area contributed by atoms with Crippen LogP contribution in [0.15, 0.2) is 78.0 Å². The number of nitro benzene ring substituents is 1. The number of nitrogens with zero attached hydrogens (tertiary/aromatic N) is 4. The van der Waals surface area contributed by atoms with Crippen LogP contribution in [0.4, 0.5) is 16.2 Å². The van der Waals surface area contributed by atoms with Crippen LogP contribution in [0.1, 0.15) is 23.9 Å². The Morgan fingerprint density at radius 2 is 1.81 bits per heavy atom. The molecule has 0 bridgehead atoms. The Bertz CT molecular complexity index is 1390. The van der Waals surface area contributed by atoms with Gasteiger partial charge < -0.3 is 15.4 Å². The first kappa shape index (κ1) is 25.7. The van der Waals surface area contributed by atoms with Crippen molar-refractivity contribution in [3.05, 3.63) is 99.9 Å². The number of nitrogens with one attached hydrogen (secondary N) is 2. The summed E-state index contributed by atoms with van der Waals surface area (Å²) in [6.45, 7) is 2.15. The Morgan fingerprint density at radius 1 is 1.05 bits per heavy atom. The van der Waals surface area contributed by atoms with E-state index in [1.54, 1.807) is 23.8 Å². The van der Waals surface area contributed by atoms with Crippen LogP contribution in [0.25, 0.3) is 5.69 Å². The predicted octanol–water partition coefficient (Wildman–Crippen LogP) is 5.36. The molecule has 0 atom stereocenters. The third kappa shape index (κ3) is 6.64. The Balaban J connectivity index is 1.53. The zero-order valence-corrected chi connectivity index (χ0v) is 21.2. The molecule has 11 heteroatoms. The van der Waals surface area contributed by atoms with Crippen molar-refractivity contribution in [3.8, 4) is 11.4 Å². The van der Waals surface area contributed by atoms with Crippen LogP contribution >= 0.6 is 11.8 Å². The molecule has 0 saturated heterocycles. The summed E-state index contributed by atoms with van der Waals surface area (Å²) < 4.78 is 7.09. The number of hydrogen-bond donors (Lipinski definition) is 2. The van der Waals surface area contributed by atoms with Crippen molar-refractivity contribution >= 4 is 29.2 Å². The highest BCUT2D eigenvalue weighted by atomic mass is 32.2. The summed E-state index contributed by atoms with van der Waals surface area (Å²) in [4.78, 5) is 23.2. The van der Waals surface area contributed by atoms with Gasteiger partial charge in [0, 0.05) is 29.3 Å². The maximum atomic E-state index is 12.6. The Hall–Kier alpha value is -4.38. The standard InChI is InChI=1S/C26H26N6O4S/c1-3-18-6-4-8-20(14-18)28-25(33)27-16-24-29-30-26(37-17-19-7-5-9-23(15-19)36-2)31(24)21-10-12-22(13-11-21)32(34)35/h4-15H,3,16-17H2,1-2H3,(H2,27,28,33). The first-order valence-electron chi connectivity index (χ1n) is 11.6. The second-order valence-electron chi connectivity index (χ2n) is 8.01. The molecule has 37 heavy (non-hydrogen) atoms. The van der Waals surface area contributed by atoms with Gasteiger partial charge in [0.25, 0.3) is 5.69 Å². The van der Waals surface area contributed by atoms with Crippen molar-refractivity contribution in [2.45, 2.75) is 30.8 Å². The molecule has 4 aromatic rings. The molecule has 190 valence electrons. The predicted molar refractivity (Wildman–Crippen MR) is 142 cm³/mol. The molecule has 1 heterocycles. The number of methoxy groups -OCH3 is 1. The maximum absolute atomic E-state index is 12.6. The smallest absolute Gasteiger partial charge is 0.319 e. The van der Waals surface area contributed by atoms with Crippen LogP contribution in [0.3, 0.4) is 0 Å². The van der Waals surface area contributed by atoms with Crippen LogP contribution in [-0.2, 0) is 18.7 Å². The Labute approximate surface area is 218 Å². The number of thioether (sulfide) groups is 1. The molecule has 0 fully saturated rings. The fourth-order valence-electron chi connectivity index (χ4n) is 3.60. The lowest BCUT2D eigenvalue weighted by Crippen LogP contribution is -2.29. The zero-order chi connectivity index (χ0) is 26.2. The molecule has 3 aromatic carbocycles. The average Bonchev–Trinajstić information content (AvgIpc) is 3.33. The highest BCUT2D eigenvalue weighted by Crippen LogP contribution is 2.27. The largest absolute Gasteiger partial charge is 0.497 e. The van der Waals surface area contributed by atoms with Gasteiger partial charge in [0.1, 0.15) is 5.75 Å². The lowest BCUT2D eigenvalue weighted by molar-refractivity contribution is -0.384. The summed E-state index contributed by atoms with van der Waals surface area (Å²) in [5.74, 6) is 1.85. The van der Waals surface area contributed by atoms with E-state index in [2.05, 4.69) is 20.8 Å². The summed E-state index contributed by atoms with van der Waals surface area (Å²) in [5, 5.41) is 26.0. The summed E-state index contributed by atoms with van der Waals surface area (Å²) in [6, 6.07) is 21.1. The second kappa shape index (κ2) is 12.0. The third-order valence-corrected chi connectivity index (χ3v) is 6.52. The highest BCUT2D eigenvalue weighted by Gasteiger charge is 2.17. The third-order valence-electron chi connectivity index (χ3n) is 5.52. The van der Waals surface area contributed by atoms with E-state index < -0.39 is 4.92 Å². The molecule has 0 radical (unpaired) electrons. The van der Waals surface area contributed by atoms with E-state index in [-0.39, 0.29) is 18.3 Å². The average molecular weight is 519 g/mol. The minimum Gasteiger partial charge on any atom is -0.497 e. The van der Waals surface area contributed by atoms with Gasteiger partial charge >= 0.3 is 6.03 Å². The van der Waals surface area contributed by atoms with Crippen LogP contribution in [0.2, 0.25) is 0 Å². The number of nitro groups is 1. The summed E-state index contributed by atoms with van der Waals surface area (Å²) in [7, 11) is 1.62. The van der Waals surface area contributed by atoms with Gasteiger partial charge in [-0.25, -0.2) is 4.79 Å². The van der Waals surface area contributed by atoms with E-state index in [0.29, 0.717) is 28.1 Å². The SMILES string of the molecule is CCc1cccc(NC(=O)NCc2nnc(SCc3cccc(OC)c3)n2-c2ccc([N+](=O)[O-])cc2)c1. The zero-order valence-electron chi connectivity index (χ0n) is 20.4. The molecule has 1 aromatic heterocycles. The number of ether oxygens (including phenoxy) is 1. The number of rotatable bonds is 10. The first-order chi connectivity index (χ1) is 18.0. The van der Waals surface area contributed by atoms with Gasteiger partial charge in [-0.2, -0.15) is 0 Å². The minimum absolute atomic E-state index is 0.0178. The van der Waals surface area contributed by atoms with Crippen molar-refractivity contribution < 1.29 is 14.5 Å². The lowest BCUT2D eigenvalue weighted by atomic mass is 10.1. The minimum atomic E-state index is -0.450. The number of carbonyl (C=O) groups excluding carboxylic acids is 1. The summed E-state index contributed by atoms with van der Waals surface area (Å²) >= 11 is 1.46. The van der Waals surface area contributed by atoms with Crippen molar-refractivity contribution in [2.24, 2.45) is 0 Å². The first-order valence-corrected chi connectivity index (χ1v) is 12.5. The van der Waals surface area contributed by atoms with Crippen molar-refractivity contribution in [1.29, 1.82) is 0 Å². The lowest BCUT2D eigenvalue weighted by Gasteiger charge is -2.12. The molecule has 0 unspecified atom stereocenters. The topological polar surface area (TPSA) is 124 Å². The number of non-ortho nitro benzene ring substituents is 1. The molecule has 2 amide bonds. The fourth-order valence-corrected chi connectivity index (χ4v) is 4.52. The number of urea groups is 1. The number of anilines is 1. The maximum Gasteiger partial charge on any atom is 0.319 e. The van der Waals surface area contributed by atoms with Crippen molar-refractivity contribution in [2.75, 3.05) is 12.4 Å². The molecule has 4 rings (SSSR count). The van der Waals surface area contributed by atoms with E-state index in [9.17, 15) is 14.9 Å². The molecule has 0 aliphatic heterocycles. The molecular formula is C26H26N6O4S. The Kier molecular flexibility index (Phi) is 8.37. The molecule has 2 N–H and O–H groups in total. The van der Waals surface area contributed by atoms with Crippen LogP contribution < -0.4 is 15.4 Å². The number of carbonyl (C=O) groups is 1. The van der Waals surface area contributed by atoms with Crippen molar-refractivity contribution in [1.82, 2.24) is 20.1 Å². The van der Waals surface area contributed by atoms with E-state index >= 15 is 0 Å². The molecule has 0 aliphatic carbocycles. The van der Waals surface area contributed by atoms with Gasteiger partial charge in [0.2, 0.25) is 0 Å². The number of hydrogen-bond acceptors (Lipinski definition) is 7. The number of aromatic nitrogens is 3. The Morgan fingerprint density at radius 3 is 2.54 bits per heavy atom. The van der Waals surface area contributed by atoms with Gasteiger partial charge in [0.05, 0.1) is 18.6 Å². The summed E-state index contributed by atoms with van der Waals surface area (Å²) in [5.41, 5.74) is 3.49. The number of amides is 2.